The van der Waals surface area contributed by atoms with Crippen LogP contribution in [0.5, 0.6) is 0 Å². The Balaban J connectivity index is 1.73. The van der Waals surface area contributed by atoms with Crippen LogP contribution in [0, 0.1) is 6.92 Å². The van der Waals surface area contributed by atoms with Crippen molar-refractivity contribution >= 4 is 49.9 Å². The molecule has 2 heterocycles. The maximum absolute atomic E-state index is 13.1. The molecule has 0 spiro atoms. The van der Waals surface area contributed by atoms with Crippen LogP contribution in [0.2, 0.25) is 10.0 Å². The number of halogens is 2. The predicted molar refractivity (Wildman–Crippen MR) is 140 cm³/mol. The molecule has 1 N–H and O–H groups in total. The van der Waals surface area contributed by atoms with Gasteiger partial charge in [0.15, 0.2) is 5.82 Å². The van der Waals surface area contributed by atoms with Gasteiger partial charge in [-0.2, -0.15) is 5.10 Å². The summed E-state index contributed by atoms with van der Waals surface area (Å²) in [5.74, 6) is 0.703. The second-order valence-electron chi connectivity index (χ2n) is 8.01. The standard InChI is InChI=1S/C24H26Cl2N6O2S/c1-4-31(5-2)24-19-11-18(35(33,34)29-14-17-13-27-16(3)12-28-17)9-10-23(19)32(30-24)15-20-21(25)7-6-8-22(20)26/h6-13,29H,4-5,14-15H2,1-3H3. The molecule has 0 fully saturated rings. The van der Waals surface area contributed by atoms with Gasteiger partial charge in [-0.15, -0.1) is 0 Å². The van der Waals surface area contributed by atoms with Crippen LogP contribution < -0.4 is 9.62 Å². The summed E-state index contributed by atoms with van der Waals surface area (Å²) in [7, 11) is -3.79. The first-order valence-corrected chi connectivity index (χ1v) is 13.4. The summed E-state index contributed by atoms with van der Waals surface area (Å²) in [6.07, 6.45) is 3.16. The summed E-state index contributed by atoms with van der Waals surface area (Å²) in [5.41, 5.74) is 2.84. The molecule has 0 radical (unpaired) electrons. The minimum absolute atomic E-state index is 0.0425. The number of fused-ring (bicyclic) bond motifs is 1. The Morgan fingerprint density at radius 2 is 1.74 bits per heavy atom. The number of sulfonamides is 1. The summed E-state index contributed by atoms with van der Waals surface area (Å²) in [5, 5.41) is 6.66. The number of rotatable bonds is 9. The highest BCUT2D eigenvalue weighted by Gasteiger charge is 2.21. The summed E-state index contributed by atoms with van der Waals surface area (Å²) in [6.45, 7) is 7.72. The van der Waals surface area contributed by atoms with Crippen LogP contribution in [-0.4, -0.2) is 41.3 Å². The van der Waals surface area contributed by atoms with Crippen LogP contribution in [0.4, 0.5) is 5.82 Å². The third-order valence-corrected chi connectivity index (χ3v) is 7.83. The molecule has 0 amide bonds. The van der Waals surface area contributed by atoms with Crippen molar-refractivity contribution in [3.63, 3.8) is 0 Å². The third-order valence-electron chi connectivity index (χ3n) is 5.72. The van der Waals surface area contributed by atoms with Crippen LogP contribution in [0.1, 0.15) is 30.8 Å². The van der Waals surface area contributed by atoms with Gasteiger partial charge in [0, 0.05) is 40.3 Å². The average Bonchev–Trinajstić information content (AvgIpc) is 3.19. The Morgan fingerprint density at radius 3 is 2.37 bits per heavy atom. The Bertz CT molecular complexity index is 1430. The molecule has 0 aliphatic rings. The molecule has 0 saturated heterocycles. The van der Waals surface area contributed by atoms with Crippen molar-refractivity contribution in [3.05, 3.63) is 75.8 Å². The summed E-state index contributed by atoms with van der Waals surface area (Å²) in [6, 6.07) is 10.4. The van der Waals surface area contributed by atoms with E-state index in [1.165, 1.54) is 0 Å². The zero-order chi connectivity index (χ0) is 25.2. The van der Waals surface area contributed by atoms with E-state index in [4.69, 9.17) is 28.3 Å². The van der Waals surface area contributed by atoms with Gasteiger partial charge >= 0.3 is 0 Å². The largest absolute Gasteiger partial charge is 0.355 e. The van der Waals surface area contributed by atoms with Crippen LogP contribution in [0.3, 0.4) is 0 Å². The van der Waals surface area contributed by atoms with Gasteiger partial charge in [-0.3, -0.25) is 14.6 Å². The molecule has 0 unspecified atom stereocenters. The molecule has 0 aliphatic heterocycles. The van der Waals surface area contributed by atoms with Crippen LogP contribution in [-0.2, 0) is 23.1 Å². The molecule has 0 saturated carbocycles. The number of benzene rings is 2. The normalized spacial score (nSPS) is 11.8. The number of hydrogen-bond donors (Lipinski definition) is 1. The van der Waals surface area contributed by atoms with Gasteiger partial charge in [0.05, 0.1) is 41.1 Å². The van der Waals surface area contributed by atoms with Gasteiger partial charge in [0.25, 0.3) is 0 Å². The van der Waals surface area contributed by atoms with E-state index in [2.05, 4.69) is 19.6 Å². The molecular formula is C24H26Cl2N6O2S. The van der Waals surface area contributed by atoms with Gasteiger partial charge in [-0.25, -0.2) is 13.1 Å². The highest BCUT2D eigenvalue weighted by atomic mass is 35.5. The summed E-state index contributed by atoms with van der Waals surface area (Å²) in [4.78, 5) is 10.6. The first-order chi connectivity index (χ1) is 16.7. The lowest BCUT2D eigenvalue weighted by atomic mass is 10.2. The van der Waals surface area contributed by atoms with Crippen molar-refractivity contribution < 1.29 is 8.42 Å². The minimum Gasteiger partial charge on any atom is -0.355 e. The predicted octanol–water partition coefficient (Wildman–Crippen LogP) is 4.81. The second kappa shape index (κ2) is 10.5. The second-order valence-corrected chi connectivity index (χ2v) is 10.6. The van der Waals surface area contributed by atoms with Gasteiger partial charge in [-0.05, 0) is 51.1 Å². The third kappa shape index (κ3) is 5.43. The molecule has 2 aromatic heterocycles. The molecule has 4 aromatic rings. The minimum atomic E-state index is -3.79. The molecule has 8 nitrogen and oxygen atoms in total. The fourth-order valence-corrected chi connectivity index (χ4v) is 5.32. The lowest BCUT2D eigenvalue weighted by Gasteiger charge is -2.18. The van der Waals surface area contributed by atoms with Crippen molar-refractivity contribution in [3.8, 4) is 0 Å². The van der Waals surface area contributed by atoms with E-state index in [-0.39, 0.29) is 11.4 Å². The number of nitrogens with one attached hydrogen (secondary N) is 1. The Morgan fingerprint density at radius 1 is 1.03 bits per heavy atom. The first-order valence-electron chi connectivity index (χ1n) is 11.2. The molecule has 0 bridgehead atoms. The first kappa shape index (κ1) is 25.4. The molecule has 2 aromatic carbocycles. The Kier molecular flexibility index (Phi) is 7.61. The summed E-state index contributed by atoms with van der Waals surface area (Å²) < 4.78 is 30.6. The zero-order valence-electron chi connectivity index (χ0n) is 19.7. The monoisotopic (exact) mass is 532 g/mol. The van der Waals surface area contributed by atoms with Crippen LogP contribution in [0.25, 0.3) is 10.9 Å². The van der Waals surface area contributed by atoms with Gasteiger partial charge in [-0.1, -0.05) is 29.3 Å². The van der Waals surface area contributed by atoms with Gasteiger partial charge in [0.2, 0.25) is 10.0 Å². The van der Waals surface area contributed by atoms with Gasteiger partial charge in [0.1, 0.15) is 0 Å². The molecule has 0 aliphatic carbocycles. The molecule has 184 valence electrons. The molecular weight excluding hydrogens is 507 g/mol. The van der Waals surface area contributed by atoms with Crippen molar-refractivity contribution in [2.24, 2.45) is 0 Å². The summed E-state index contributed by atoms with van der Waals surface area (Å²) >= 11 is 12.8. The highest BCUT2D eigenvalue weighted by Crippen LogP contribution is 2.31. The number of nitrogens with zero attached hydrogens (tertiary/aromatic N) is 5. The molecule has 4 rings (SSSR count). The number of hydrogen-bond acceptors (Lipinski definition) is 6. The fraction of sp³-hybridized carbons (Fsp3) is 0.292. The van der Waals surface area contributed by atoms with E-state index in [1.54, 1.807) is 48.8 Å². The highest BCUT2D eigenvalue weighted by molar-refractivity contribution is 7.89. The van der Waals surface area contributed by atoms with E-state index in [0.29, 0.717) is 28.1 Å². The molecule has 0 atom stereocenters. The van der Waals surface area contributed by atoms with Crippen molar-refractivity contribution in [1.82, 2.24) is 24.5 Å². The fourth-order valence-electron chi connectivity index (χ4n) is 3.78. The smallest absolute Gasteiger partial charge is 0.240 e. The molecule has 35 heavy (non-hydrogen) atoms. The number of aryl methyl sites for hydroxylation is 1. The number of aromatic nitrogens is 4. The van der Waals surface area contributed by atoms with Crippen molar-refractivity contribution in [2.75, 3.05) is 18.0 Å². The topological polar surface area (TPSA) is 93.0 Å². The number of anilines is 1. The quantitative estimate of drug-likeness (QED) is 0.332. The lowest BCUT2D eigenvalue weighted by molar-refractivity contribution is 0.580. The maximum atomic E-state index is 13.1. The van der Waals surface area contributed by atoms with E-state index in [9.17, 15) is 8.42 Å². The Labute approximate surface area is 215 Å². The van der Waals surface area contributed by atoms with E-state index in [1.807, 2.05) is 25.5 Å². The maximum Gasteiger partial charge on any atom is 0.240 e. The zero-order valence-corrected chi connectivity index (χ0v) is 22.0. The van der Waals surface area contributed by atoms with Crippen molar-refractivity contribution in [2.45, 2.75) is 38.8 Å². The average molecular weight is 533 g/mol. The van der Waals surface area contributed by atoms with Crippen LogP contribution >= 0.6 is 23.2 Å². The van der Waals surface area contributed by atoms with E-state index >= 15 is 0 Å². The molecule has 11 heteroatoms. The van der Waals surface area contributed by atoms with E-state index < -0.39 is 10.0 Å². The van der Waals surface area contributed by atoms with Crippen LogP contribution in [0.15, 0.2) is 53.7 Å². The lowest BCUT2D eigenvalue weighted by Crippen LogP contribution is -2.24. The van der Waals surface area contributed by atoms with Crippen molar-refractivity contribution in [1.29, 1.82) is 0 Å². The SMILES string of the molecule is CCN(CC)c1nn(Cc2c(Cl)cccc2Cl)c2ccc(S(=O)(=O)NCc3cnc(C)cn3)cc12. The Hall–Kier alpha value is -2.72. The van der Waals surface area contributed by atoms with Gasteiger partial charge < -0.3 is 4.90 Å². The van der Waals surface area contributed by atoms with E-state index in [0.717, 1.165) is 35.2 Å².